The van der Waals surface area contributed by atoms with Gasteiger partial charge < -0.3 is 35.8 Å². The Bertz CT molecular complexity index is 2280. The Morgan fingerprint density at radius 3 is 2.53 bits per heavy atom. The molecule has 7 rings (SSSR count). The van der Waals surface area contributed by atoms with Crippen molar-refractivity contribution in [1.82, 2.24) is 25.2 Å². The number of nitrogens with two attached hydrogens (primary N) is 1. The summed E-state index contributed by atoms with van der Waals surface area (Å²) in [5.74, 6) is 1.92. The summed E-state index contributed by atoms with van der Waals surface area (Å²) < 4.78 is 39.7. The van der Waals surface area contributed by atoms with Crippen LogP contribution in [0.2, 0.25) is 16.6 Å². The molecule has 2 aromatic carbocycles. The van der Waals surface area contributed by atoms with E-state index in [2.05, 4.69) is 68.1 Å². The van der Waals surface area contributed by atoms with Crippen molar-refractivity contribution in [2.45, 2.75) is 95.1 Å². The molecule has 3 fully saturated rings. The number of nitrogens with one attached hydrogen (secondary N) is 1. The number of anilines is 2. The van der Waals surface area contributed by atoms with E-state index in [-0.39, 0.29) is 53.2 Å². The molecule has 15 heteroatoms. The van der Waals surface area contributed by atoms with Crippen molar-refractivity contribution in [3.63, 3.8) is 0 Å². The first kappa shape index (κ1) is 42.7. The highest BCUT2D eigenvalue weighted by atomic mass is 28.3. The quantitative estimate of drug-likeness (QED) is 0.0723. The highest BCUT2D eigenvalue weighted by Crippen LogP contribution is 2.43. The number of piperazine rings is 2. The van der Waals surface area contributed by atoms with E-state index < -0.39 is 31.2 Å². The van der Waals surface area contributed by atoms with Crippen LogP contribution in [0.4, 0.5) is 20.5 Å². The van der Waals surface area contributed by atoms with Gasteiger partial charge in [0.05, 0.1) is 36.1 Å². The van der Waals surface area contributed by atoms with Crippen molar-refractivity contribution in [2.75, 3.05) is 69.3 Å². The Hall–Kier alpha value is -4.46. The van der Waals surface area contributed by atoms with E-state index >= 15 is 8.78 Å². The van der Waals surface area contributed by atoms with Crippen molar-refractivity contribution in [1.29, 1.82) is 0 Å². The van der Waals surface area contributed by atoms with Gasteiger partial charge >= 0.3 is 5.97 Å². The Morgan fingerprint density at radius 2 is 1.83 bits per heavy atom. The number of benzene rings is 2. The first-order valence-corrected chi connectivity index (χ1v) is 23.1. The molecule has 0 saturated carbocycles. The highest BCUT2D eigenvalue weighted by Gasteiger charge is 2.46. The molecule has 3 atom stereocenters. The molecule has 4 aromatic rings. The third-order valence-electron chi connectivity index (χ3n) is 13.1. The molecule has 3 unspecified atom stereocenters. The number of ether oxygens (including phenoxy) is 1. The molecular formula is C44H58F2N8O4Si. The number of hydrogen-bond acceptors (Lipinski definition) is 11. The van der Waals surface area contributed by atoms with Gasteiger partial charge in [-0.05, 0) is 60.1 Å². The average molecular weight is 829 g/mol. The van der Waals surface area contributed by atoms with Crippen LogP contribution in [0, 0.1) is 23.1 Å². The van der Waals surface area contributed by atoms with Crippen LogP contribution >= 0.6 is 0 Å². The molecule has 0 amide bonds. The molecule has 316 valence electrons. The van der Waals surface area contributed by atoms with Crippen molar-refractivity contribution in [3.8, 4) is 28.5 Å². The molecule has 0 radical (unpaired) electrons. The second-order valence-corrected chi connectivity index (χ2v) is 23.3. The minimum atomic E-state index is -2.30. The lowest BCUT2D eigenvalue weighted by Crippen LogP contribution is -2.62. The lowest BCUT2D eigenvalue weighted by Gasteiger charge is -2.42. The SMILES string of the molecule is CC(C)[Si](C#Cc1c(F)ccc2cc(O)cc(-c3ncc4c(N5CC6CCC(COCCC(=O)O)(C5)N6)nc(N5CCN(C)C(CN)C5)nc4c3F)c12)(C(C)C)C(C)C. The number of carboxylic acids is 1. The monoisotopic (exact) mass is 828 g/mol. The predicted molar refractivity (Wildman–Crippen MR) is 232 cm³/mol. The van der Waals surface area contributed by atoms with E-state index in [1.165, 1.54) is 12.1 Å². The number of halogens is 2. The first-order valence-electron chi connectivity index (χ1n) is 20.9. The molecule has 0 aliphatic carbocycles. The van der Waals surface area contributed by atoms with Crippen molar-refractivity contribution in [3.05, 3.63) is 47.7 Å². The third kappa shape index (κ3) is 8.09. The van der Waals surface area contributed by atoms with Gasteiger partial charge in [-0.15, -0.1) is 5.54 Å². The number of nitrogens with zero attached hydrogens (tertiary/aromatic N) is 6. The van der Waals surface area contributed by atoms with Crippen molar-refractivity contribution < 1.29 is 28.5 Å². The molecule has 3 aliphatic rings. The summed E-state index contributed by atoms with van der Waals surface area (Å²) in [6, 6.07) is 6.06. The maximum atomic E-state index is 17.6. The zero-order valence-corrected chi connectivity index (χ0v) is 36.3. The summed E-state index contributed by atoms with van der Waals surface area (Å²) in [6.07, 6.45) is 3.21. The standard InChI is InChI=1S/C44H58F2N8O4Si/c1-26(2)59(27(3)4,28(5)6)17-12-33-36(45)9-8-29-18-32(55)19-34(38(29)33)40-39(46)41-35(21-48-40)42(50-43(49-41)53-15-14-52(7)31(20-47)23-53)54-22-30-10-13-44(24-54,51-30)25-58-16-11-37(56)57/h8-9,18-19,21,26-28,30-31,51,55H,10-11,13-16,20,22-25,47H2,1-7H3,(H,56,57). The van der Waals surface area contributed by atoms with Gasteiger partial charge in [-0.2, -0.15) is 4.98 Å². The molecular weight excluding hydrogens is 771 g/mol. The van der Waals surface area contributed by atoms with Crippen molar-refractivity contribution in [2.24, 2.45) is 5.73 Å². The van der Waals surface area contributed by atoms with Crippen LogP contribution in [0.5, 0.6) is 5.75 Å². The highest BCUT2D eigenvalue weighted by molar-refractivity contribution is 6.90. The van der Waals surface area contributed by atoms with Crippen LogP contribution in [0.25, 0.3) is 32.9 Å². The summed E-state index contributed by atoms with van der Waals surface area (Å²) >= 11 is 0. The van der Waals surface area contributed by atoms with Gasteiger partial charge in [0.15, 0.2) is 5.82 Å². The van der Waals surface area contributed by atoms with Crippen molar-refractivity contribution >= 4 is 47.5 Å². The maximum absolute atomic E-state index is 17.6. The van der Waals surface area contributed by atoms with E-state index in [0.717, 1.165) is 12.8 Å². The van der Waals surface area contributed by atoms with E-state index in [1.807, 2.05) is 11.9 Å². The lowest BCUT2D eigenvalue weighted by atomic mass is 9.95. The molecule has 5 heterocycles. The number of phenolic OH excluding ortho intramolecular Hbond substituents is 1. The number of phenols is 1. The summed E-state index contributed by atoms with van der Waals surface area (Å²) in [7, 11) is -0.265. The fourth-order valence-electron chi connectivity index (χ4n) is 10.1. The number of aliphatic carboxylic acids is 1. The molecule has 3 aliphatic heterocycles. The van der Waals surface area contributed by atoms with E-state index in [4.69, 9.17) is 30.5 Å². The Balaban J connectivity index is 1.40. The lowest BCUT2D eigenvalue weighted by molar-refractivity contribution is -0.138. The van der Waals surface area contributed by atoms with Gasteiger partial charge in [0.25, 0.3) is 0 Å². The number of pyridine rings is 1. The summed E-state index contributed by atoms with van der Waals surface area (Å²) in [4.78, 5) is 32.3. The van der Waals surface area contributed by atoms with Crippen LogP contribution in [-0.2, 0) is 9.53 Å². The molecule has 2 bridgehead atoms. The topological polar surface area (TPSA) is 153 Å². The van der Waals surface area contributed by atoms with Crippen LogP contribution in [-0.4, -0.2) is 121 Å². The zero-order valence-electron chi connectivity index (χ0n) is 35.3. The molecule has 3 saturated heterocycles. The second kappa shape index (κ2) is 16.9. The Morgan fingerprint density at radius 1 is 1.08 bits per heavy atom. The molecule has 0 spiro atoms. The summed E-state index contributed by atoms with van der Waals surface area (Å²) in [6.45, 7) is 17.0. The van der Waals surface area contributed by atoms with Crippen LogP contribution < -0.4 is 20.9 Å². The third-order valence-corrected chi connectivity index (χ3v) is 19.4. The van der Waals surface area contributed by atoms with Gasteiger partial charge in [-0.3, -0.25) is 14.7 Å². The van der Waals surface area contributed by atoms with E-state index in [0.29, 0.717) is 90.4 Å². The number of carbonyl (C=O) groups is 1. The number of hydrogen-bond donors (Lipinski definition) is 4. The van der Waals surface area contributed by atoms with Gasteiger partial charge in [0.2, 0.25) is 5.95 Å². The number of aromatic nitrogens is 3. The Labute approximate surface area is 346 Å². The van der Waals surface area contributed by atoms with Gasteiger partial charge in [0.1, 0.15) is 36.7 Å². The average Bonchev–Trinajstić information content (AvgIpc) is 3.49. The minimum Gasteiger partial charge on any atom is -0.508 e. The Kier molecular flexibility index (Phi) is 12.2. The summed E-state index contributed by atoms with van der Waals surface area (Å²) in [5.41, 5.74) is 10.6. The predicted octanol–water partition coefficient (Wildman–Crippen LogP) is 6.28. The van der Waals surface area contributed by atoms with Gasteiger partial charge in [-0.25, -0.2) is 13.8 Å². The van der Waals surface area contributed by atoms with Gasteiger partial charge in [-0.1, -0.05) is 53.5 Å². The van der Waals surface area contributed by atoms with Gasteiger partial charge in [0, 0.05) is 68.5 Å². The number of likely N-dealkylation sites (N-methyl/N-ethyl adjacent to an activating group) is 1. The molecule has 59 heavy (non-hydrogen) atoms. The number of carboxylic acid groups (broad SMARTS) is 1. The van der Waals surface area contributed by atoms with Crippen LogP contribution in [0.1, 0.15) is 66.4 Å². The number of fused-ring (bicyclic) bond motifs is 4. The smallest absolute Gasteiger partial charge is 0.305 e. The largest absolute Gasteiger partial charge is 0.508 e. The summed E-state index contributed by atoms with van der Waals surface area (Å²) in [5, 5.41) is 25.2. The molecule has 5 N–H and O–H groups in total. The van der Waals surface area contributed by atoms with E-state index in [9.17, 15) is 9.90 Å². The van der Waals surface area contributed by atoms with Crippen LogP contribution in [0.3, 0.4) is 0 Å². The van der Waals surface area contributed by atoms with Crippen LogP contribution in [0.15, 0.2) is 30.5 Å². The normalized spacial score (nSPS) is 21.3. The second-order valence-electron chi connectivity index (χ2n) is 17.7. The maximum Gasteiger partial charge on any atom is 0.305 e. The first-order chi connectivity index (χ1) is 28.1. The zero-order chi connectivity index (χ0) is 42.4. The van der Waals surface area contributed by atoms with E-state index in [1.54, 1.807) is 18.3 Å². The molecule has 12 nitrogen and oxygen atoms in total. The number of aromatic hydroxyl groups is 1. The fourth-order valence-corrected chi connectivity index (χ4v) is 15.3. The minimum absolute atomic E-state index is 0.0440. The fraction of sp³-hybridized carbons (Fsp3) is 0.545. The molecule has 2 aromatic heterocycles. The number of rotatable bonds is 12.